The molecule has 0 amide bonds. The van der Waals surface area contributed by atoms with Gasteiger partial charge in [-0.15, -0.1) is 0 Å². The normalized spacial score (nSPS) is 13.0. The van der Waals surface area contributed by atoms with E-state index in [1.807, 2.05) is 6.07 Å². The minimum atomic E-state index is -0.678. The van der Waals surface area contributed by atoms with Gasteiger partial charge >= 0.3 is 0 Å². The summed E-state index contributed by atoms with van der Waals surface area (Å²) in [5, 5.41) is 9.69. The van der Waals surface area contributed by atoms with Crippen LogP contribution in [0.3, 0.4) is 0 Å². The highest BCUT2D eigenvalue weighted by molar-refractivity contribution is 9.14. The highest BCUT2D eigenvalue weighted by Gasteiger charge is 2.17. The van der Waals surface area contributed by atoms with Crippen LogP contribution in [-0.2, 0) is 0 Å². The summed E-state index contributed by atoms with van der Waals surface area (Å²) in [5.41, 5.74) is 6.16. The van der Waals surface area contributed by atoms with E-state index < -0.39 is 6.10 Å². The zero-order chi connectivity index (χ0) is 10.9. The molecule has 14 heavy (non-hydrogen) atoms. The van der Waals surface area contributed by atoms with E-state index in [0.29, 0.717) is 0 Å². The topological polar surface area (TPSA) is 46.2 Å². The van der Waals surface area contributed by atoms with Crippen molar-refractivity contribution in [3.8, 4) is 0 Å². The van der Waals surface area contributed by atoms with Crippen molar-refractivity contribution in [2.75, 3.05) is 6.54 Å². The molecule has 0 spiro atoms. The maximum atomic E-state index is 9.69. The Hall–Kier alpha value is 1.06. The maximum Gasteiger partial charge on any atom is 0.0934 e. The summed E-state index contributed by atoms with van der Waals surface area (Å²) >= 11 is 13.6. The molecule has 1 atom stereocenters. The molecule has 3 N–H and O–H groups in total. The van der Waals surface area contributed by atoms with Crippen LogP contribution in [-0.4, -0.2) is 11.7 Å². The van der Waals surface area contributed by atoms with Crippen molar-refractivity contribution < 1.29 is 5.11 Å². The zero-order valence-corrected chi connectivity index (χ0v) is 13.2. The lowest BCUT2D eigenvalue weighted by Gasteiger charge is -2.15. The number of aliphatic hydroxyl groups is 1. The Morgan fingerprint density at radius 3 is 2.21 bits per heavy atom. The molecule has 2 nitrogen and oxygen atoms in total. The Kier molecular flexibility index (Phi) is 5.07. The maximum absolute atomic E-state index is 9.69. The van der Waals surface area contributed by atoms with Gasteiger partial charge in [0.15, 0.2) is 0 Å². The molecule has 0 radical (unpaired) electrons. The van der Waals surface area contributed by atoms with Crippen LogP contribution in [0.4, 0.5) is 0 Å². The van der Waals surface area contributed by atoms with Crippen LogP contribution in [0.1, 0.15) is 11.7 Å². The van der Waals surface area contributed by atoms with E-state index in [9.17, 15) is 5.11 Å². The fourth-order valence-corrected chi connectivity index (χ4v) is 3.98. The number of hydrogen-bond donors (Lipinski definition) is 2. The third kappa shape index (κ3) is 2.59. The van der Waals surface area contributed by atoms with Gasteiger partial charge < -0.3 is 10.8 Å². The zero-order valence-electron chi connectivity index (χ0n) is 6.90. The number of benzene rings is 1. The average Bonchev–Trinajstić information content (AvgIpc) is 2.14. The van der Waals surface area contributed by atoms with Crippen LogP contribution in [0.15, 0.2) is 24.0 Å². The number of halogens is 4. The molecule has 0 heterocycles. The first-order chi connectivity index (χ1) is 6.49. The van der Waals surface area contributed by atoms with Crippen LogP contribution in [0, 0.1) is 0 Å². The van der Waals surface area contributed by atoms with Gasteiger partial charge in [0.05, 0.1) is 6.10 Å². The van der Waals surface area contributed by atoms with E-state index in [2.05, 4.69) is 63.7 Å². The predicted molar refractivity (Wildman–Crippen MR) is 71.3 cm³/mol. The summed E-state index contributed by atoms with van der Waals surface area (Å²) in [5.74, 6) is 0. The third-order valence-corrected chi connectivity index (χ3v) is 5.70. The molecule has 1 unspecified atom stereocenters. The standard InChI is InChI=1S/C8H7Br4NO/c9-3-1-4(10)7(11)8(12)6(3)5(14)2-13/h1,5,14H,2,13H2. The number of aliphatic hydroxyl groups excluding tert-OH is 1. The summed E-state index contributed by atoms with van der Waals surface area (Å²) in [6.07, 6.45) is -0.678. The molecule has 1 rings (SSSR count). The van der Waals surface area contributed by atoms with Crippen molar-refractivity contribution in [2.45, 2.75) is 6.10 Å². The van der Waals surface area contributed by atoms with E-state index in [-0.39, 0.29) is 6.54 Å². The minimum absolute atomic E-state index is 0.186. The first-order valence-corrected chi connectivity index (χ1v) is 6.87. The van der Waals surface area contributed by atoms with Crippen LogP contribution in [0.2, 0.25) is 0 Å². The fourth-order valence-electron chi connectivity index (χ4n) is 1.00. The van der Waals surface area contributed by atoms with Gasteiger partial charge in [-0.25, -0.2) is 0 Å². The lowest BCUT2D eigenvalue weighted by Crippen LogP contribution is -2.12. The highest BCUT2D eigenvalue weighted by atomic mass is 79.9. The van der Waals surface area contributed by atoms with Gasteiger partial charge in [0.2, 0.25) is 0 Å². The van der Waals surface area contributed by atoms with Crippen LogP contribution < -0.4 is 5.73 Å². The first kappa shape index (κ1) is 13.1. The Bertz CT molecular complexity index is 356. The van der Waals surface area contributed by atoms with Gasteiger partial charge in [0.25, 0.3) is 0 Å². The second-order valence-corrected chi connectivity index (χ2v) is 5.93. The fraction of sp³-hybridized carbons (Fsp3) is 0.250. The number of hydrogen-bond acceptors (Lipinski definition) is 2. The Morgan fingerprint density at radius 1 is 1.14 bits per heavy atom. The van der Waals surface area contributed by atoms with Crippen LogP contribution >= 0.6 is 63.7 Å². The molecule has 0 aliphatic rings. The van der Waals surface area contributed by atoms with E-state index in [0.717, 1.165) is 23.5 Å². The molecule has 1 aromatic rings. The number of nitrogens with two attached hydrogens (primary N) is 1. The lowest BCUT2D eigenvalue weighted by molar-refractivity contribution is 0.185. The second kappa shape index (κ2) is 5.41. The van der Waals surface area contributed by atoms with E-state index in [1.54, 1.807) is 0 Å². The van der Waals surface area contributed by atoms with Crippen molar-refractivity contribution in [3.63, 3.8) is 0 Å². The van der Waals surface area contributed by atoms with Crippen molar-refractivity contribution in [1.82, 2.24) is 0 Å². The molecule has 0 saturated heterocycles. The average molecular weight is 453 g/mol. The van der Waals surface area contributed by atoms with E-state index in [1.165, 1.54) is 0 Å². The number of rotatable bonds is 2. The molecule has 0 fully saturated rings. The Morgan fingerprint density at radius 2 is 1.71 bits per heavy atom. The van der Waals surface area contributed by atoms with Gasteiger partial charge in [-0.3, -0.25) is 0 Å². The molecule has 0 aliphatic heterocycles. The molecule has 0 saturated carbocycles. The first-order valence-electron chi connectivity index (χ1n) is 3.70. The molecule has 0 aliphatic carbocycles. The van der Waals surface area contributed by atoms with Crippen molar-refractivity contribution >= 4 is 63.7 Å². The lowest BCUT2D eigenvalue weighted by atomic mass is 10.1. The van der Waals surface area contributed by atoms with Crippen molar-refractivity contribution in [1.29, 1.82) is 0 Å². The molecular weight excluding hydrogens is 446 g/mol. The van der Waals surface area contributed by atoms with Gasteiger partial charge in [-0.1, -0.05) is 15.9 Å². The predicted octanol–water partition coefficient (Wildman–Crippen LogP) is 3.73. The summed E-state index contributed by atoms with van der Waals surface area (Å²) < 4.78 is 3.39. The van der Waals surface area contributed by atoms with E-state index in [4.69, 9.17) is 5.73 Å². The van der Waals surface area contributed by atoms with Crippen LogP contribution in [0.25, 0.3) is 0 Å². The van der Waals surface area contributed by atoms with Gasteiger partial charge in [-0.2, -0.15) is 0 Å². The van der Waals surface area contributed by atoms with Gasteiger partial charge in [0.1, 0.15) is 0 Å². The molecule has 0 bridgehead atoms. The summed E-state index contributed by atoms with van der Waals surface area (Å²) in [6.45, 7) is 0.186. The smallest absolute Gasteiger partial charge is 0.0934 e. The quantitative estimate of drug-likeness (QED) is 0.531. The minimum Gasteiger partial charge on any atom is -0.387 e. The highest BCUT2D eigenvalue weighted by Crippen LogP contribution is 2.40. The molecule has 6 heteroatoms. The van der Waals surface area contributed by atoms with Crippen molar-refractivity contribution in [2.24, 2.45) is 5.73 Å². The summed E-state index contributed by atoms with van der Waals surface area (Å²) in [6, 6.07) is 1.86. The largest absolute Gasteiger partial charge is 0.387 e. The second-order valence-electron chi connectivity index (χ2n) is 2.63. The van der Waals surface area contributed by atoms with Crippen LogP contribution in [0.5, 0.6) is 0 Å². The molecule has 78 valence electrons. The monoisotopic (exact) mass is 449 g/mol. The van der Waals surface area contributed by atoms with Crippen molar-refractivity contribution in [3.05, 3.63) is 29.5 Å². The molecule has 1 aromatic carbocycles. The van der Waals surface area contributed by atoms with Gasteiger partial charge in [0, 0.05) is 30.0 Å². The third-order valence-electron chi connectivity index (χ3n) is 1.71. The Labute approximate surface area is 116 Å². The molecular formula is C8H7Br4NO. The summed E-state index contributed by atoms with van der Waals surface area (Å²) in [7, 11) is 0. The van der Waals surface area contributed by atoms with Gasteiger partial charge in [-0.05, 0) is 53.9 Å². The summed E-state index contributed by atoms with van der Waals surface area (Å²) in [4.78, 5) is 0. The molecule has 0 aromatic heterocycles. The van der Waals surface area contributed by atoms with E-state index >= 15 is 0 Å². The Balaban J connectivity index is 3.36. The SMILES string of the molecule is NCC(O)c1c(Br)cc(Br)c(Br)c1Br.